The van der Waals surface area contributed by atoms with E-state index in [2.05, 4.69) is 10.2 Å². The second-order valence-corrected chi connectivity index (χ2v) is 7.79. The zero-order valence-electron chi connectivity index (χ0n) is 16.4. The molecule has 1 aromatic rings. The molecule has 3 aliphatic heterocycles. The topological polar surface area (TPSA) is 73.0 Å². The highest BCUT2D eigenvalue weighted by atomic mass is 16.2. The number of piperidine rings is 1. The standard InChI is InChI=1S/C21H28N4O3/c1-2-22-19(26)14-25-18-13-15(20(27)23-10-5-6-11-23)8-9-16(18)24-12-4-3-7-17(24)21(25)28/h8-9,13,17H,2-7,10-12,14H2,1H3,(H,22,26)/t17-/m1/s1. The van der Waals surface area contributed by atoms with Gasteiger partial charge in [0.15, 0.2) is 0 Å². The van der Waals surface area contributed by atoms with Crippen LogP contribution in [0, 0.1) is 0 Å². The van der Waals surface area contributed by atoms with Gasteiger partial charge in [0.1, 0.15) is 12.6 Å². The molecule has 0 bridgehead atoms. The van der Waals surface area contributed by atoms with Crippen molar-refractivity contribution in [2.45, 2.75) is 45.1 Å². The van der Waals surface area contributed by atoms with Gasteiger partial charge in [-0.15, -0.1) is 0 Å². The summed E-state index contributed by atoms with van der Waals surface area (Å²) in [4.78, 5) is 43.9. The van der Waals surface area contributed by atoms with Crippen LogP contribution >= 0.6 is 0 Å². The van der Waals surface area contributed by atoms with Gasteiger partial charge in [0.25, 0.3) is 5.91 Å². The molecule has 0 unspecified atom stereocenters. The van der Waals surface area contributed by atoms with Gasteiger partial charge < -0.3 is 15.1 Å². The molecule has 0 saturated carbocycles. The summed E-state index contributed by atoms with van der Waals surface area (Å²) in [5.41, 5.74) is 2.22. The van der Waals surface area contributed by atoms with Crippen LogP contribution in [-0.4, -0.2) is 61.4 Å². The van der Waals surface area contributed by atoms with Crippen LogP contribution in [-0.2, 0) is 9.59 Å². The fourth-order valence-corrected chi connectivity index (χ4v) is 4.55. The van der Waals surface area contributed by atoms with Gasteiger partial charge in [-0.05, 0) is 57.2 Å². The van der Waals surface area contributed by atoms with E-state index in [1.54, 1.807) is 11.0 Å². The number of rotatable bonds is 4. The Morgan fingerprint density at radius 2 is 1.82 bits per heavy atom. The largest absolute Gasteiger partial charge is 0.358 e. The van der Waals surface area contributed by atoms with Crippen molar-refractivity contribution >= 4 is 29.1 Å². The summed E-state index contributed by atoms with van der Waals surface area (Å²) in [6.07, 6.45) is 4.94. The molecule has 0 radical (unpaired) electrons. The predicted molar refractivity (Wildman–Crippen MR) is 108 cm³/mol. The summed E-state index contributed by atoms with van der Waals surface area (Å²) in [6, 6.07) is 5.41. The van der Waals surface area contributed by atoms with Crippen LogP contribution in [0.3, 0.4) is 0 Å². The number of nitrogens with one attached hydrogen (secondary N) is 1. The summed E-state index contributed by atoms with van der Waals surface area (Å²) in [7, 11) is 0. The number of carbonyl (C=O) groups is 3. The number of likely N-dealkylation sites (tertiary alicyclic amines) is 1. The maximum absolute atomic E-state index is 13.2. The first kappa shape index (κ1) is 18.8. The molecule has 1 aromatic carbocycles. The van der Waals surface area contributed by atoms with E-state index in [1.165, 1.54) is 0 Å². The highest BCUT2D eigenvalue weighted by molar-refractivity contribution is 6.09. The van der Waals surface area contributed by atoms with Crippen molar-refractivity contribution in [1.29, 1.82) is 0 Å². The monoisotopic (exact) mass is 384 g/mol. The molecular weight excluding hydrogens is 356 g/mol. The fourth-order valence-electron chi connectivity index (χ4n) is 4.55. The van der Waals surface area contributed by atoms with Gasteiger partial charge in [-0.25, -0.2) is 0 Å². The minimum absolute atomic E-state index is 0.00600. The van der Waals surface area contributed by atoms with Gasteiger partial charge in [-0.2, -0.15) is 0 Å². The third-order valence-corrected chi connectivity index (χ3v) is 5.95. The number of fused-ring (bicyclic) bond motifs is 3. The number of carbonyl (C=O) groups excluding carboxylic acids is 3. The van der Waals surface area contributed by atoms with E-state index in [0.717, 1.165) is 57.4 Å². The first-order valence-corrected chi connectivity index (χ1v) is 10.4. The van der Waals surface area contributed by atoms with E-state index in [-0.39, 0.29) is 30.3 Å². The number of hydrogen-bond acceptors (Lipinski definition) is 4. The Labute approximate surface area is 165 Å². The second-order valence-electron chi connectivity index (χ2n) is 7.79. The SMILES string of the molecule is CCNC(=O)CN1C(=O)[C@H]2CCCCN2c2ccc(C(=O)N3CCCC3)cc21. The molecule has 150 valence electrons. The lowest BCUT2D eigenvalue weighted by molar-refractivity contribution is -0.124. The predicted octanol–water partition coefficient (Wildman–Crippen LogP) is 1.76. The van der Waals surface area contributed by atoms with Crippen LogP contribution in [0.25, 0.3) is 0 Å². The van der Waals surface area contributed by atoms with E-state index in [9.17, 15) is 14.4 Å². The molecular formula is C21H28N4O3. The molecule has 28 heavy (non-hydrogen) atoms. The van der Waals surface area contributed by atoms with Crippen LogP contribution in [0.15, 0.2) is 18.2 Å². The maximum atomic E-state index is 13.2. The number of hydrogen-bond donors (Lipinski definition) is 1. The van der Waals surface area contributed by atoms with Gasteiger partial charge in [0.05, 0.1) is 11.4 Å². The Balaban J connectivity index is 1.71. The lowest BCUT2D eigenvalue weighted by Gasteiger charge is -2.45. The number of benzene rings is 1. The smallest absolute Gasteiger partial charge is 0.253 e. The minimum atomic E-state index is -0.212. The average molecular weight is 384 g/mol. The van der Waals surface area contributed by atoms with E-state index >= 15 is 0 Å². The molecule has 3 heterocycles. The molecule has 4 rings (SSSR count). The van der Waals surface area contributed by atoms with Crippen molar-refractivity contribution in [2.75, 3.05) is 42.5 Å². The van der Waals surface area contributed by atoms with E-state index in [1.807, 2.05) is 24.0 Å². The fraction of sp³-hybridized carbons (Fsp3) is 0.571. The molecule has 7 heteroatoms. The Morgan fingerprint density at radius 3 is 2.57 bits per heavy atom. The first-order chi connectivity index (χ1) is 13.6. The quantitative estimate of drug-likeness (QED) is 0.859. The van der Waals surface area contributed by atoms with E-state index in [0.29, 0.717) is 17.8 Å². The van der Waals surface area contributed by atoms with Crippen LogP contribution in [0.5, 0.6) is 0 Å². The minimum Gasteiger partial charge on any atom is -0.358 e. The summed E-state index contributed by atoms with van der Waals surface area (Å²) in [6.45, 7) is 4.77. The van der Waals surface area contributed by atoms with Crippen molar-refractivity contribution in [2.24, 2.45) is 0 Å². The van der Waals surface area contributed by atoms with Gasteiger partial charge in [0.2, 0.25) is 11.8 Å². The Hall–Kier alpha value is -2.57. The van der Waals surface area contributed by atoms with Crippen LogP contribution in [0.2, 0.25) is 0 Å². The summed E-state index contributed by atoms with van der Waals surface area (Å²) >= 11 is 0. The molecule has 0 aliphatic carbocycles. The number of likely N-dealkylation sites (N-methyl/N-ethyl adjacent to an activating group) is 1. The summed E-state index contributed by atoms with van der Waals surface area (Å²) in [5, 5.41) is 2.78. The van der Waals surface area contributed by atoms with Crippen molar-refractivity contribution in [3.63, 3.8) is 0 Å². The van der Waals surface area contributed by atoms with Crippen molar-refractivity contribution in [1.82, 2.24) is 10.2 Å². The molecule has 0 spiro atoms. The van der Waals surface area contributed by atoms with Gasteiger partial charge in [-0.1, -0.05) is 0 Å². The first-order valence-electron chi connectivity index (χ1n) is 10.4. The molecule has 3 amide bonds. The third-order valence-electron chi connectivity index (χ3n) is 5.95. The van der Waals surface area contributed by atoms with Crippen molar-refractivity contribution < 1.29 is 14.4 Å². The zero-order chi connectivity index (χ0) is 19.7. The second kappa shape index (κ2) is 7.81. The van der Waals surface area contributed by atoms with Crippen LogP contribution < -0.4 is 15.1 Å². The van der Waals surface area contributed by atoms with Crippen molar-refractivity contribution in [3.05, 3.63) is 23.8 Å². The van der Waals surface area contributed by atoms with Gasteiger partial charge >= 0.3 is 0 Å². The maximum Gasteiger partial charge on any atom is 0.253 e. The zero-order valence-corrected chi connectivity index (χ0v) is 16.4. The number of anilines is 2. The van der Waals surface area contributed by atoms with Crippen LogP contribution in [0.1, 0.15) is 49.4 Å². The Kier molecular flexibility index (Phi) is 5.24. The molecule has 7 nitrogen and oxygen atoms in total. The van der Waals surface area contributed by atoms with Gasteiger partial charge in [-0.3, -0.25) is 19.3 Å². The van der Waals surface area contributed by atoms with Crippen LogP contribution in [0.4, 0.5) is 11.4 Å². The normalized spacial score (nSPS) is 21.4. The Morgan fingerprint density at radius 1 is 1.07 bits per heavy atom. The molecule has 3 aliphatic rings. The van der Waals surface area contributed by atoms with E-state index < -0.39 is 0 Å². The molecule has 0 aromatic heterocycles. The third kappa shape index (κ3) is 3.34. The summed E-state index contributed by atoms with van der Waals surface area (Å²) < 4.78 is 0. The lowest BCUT2D eigenvalue weighted by atomic mass is 9.95. The molecule has 2 saturated heterocycles. The number of nitrogens with zero attached hydrogens (tertiary/aromatic N) is 3. The Bertz CT molecular complexity index is 788. The van der Waals surface area contributed by atoms with E-state index in [4.69, 9.17) is 0 Å². The highest BCUT2D eigenvalue weighted by Crippen LogP contribution is 2.40. The van der Waals surface area contributed by atoms with Gasteiger partial charge in [0, 0.05) is 31.7 Å². The molecule has 1 atom stereocenters. The average Bonchev–Trinajstić information content (AvgIpc) is 3.25. The number of amides is 3. The summed E-state index contributed by atoms with van der Waals surface area (Å²) in [5.74, 6) is -0.210. The molecule has 2 fully saturated rings. The lowest BCUT2D eigenvalue weighted by Crippen LogP contribution is -2.57. The molecule has 1 N–H and O–H groups in total. The highest BCUT2D eigenvalue weighted by Gasteiger charge is 2.40. The van der Waals surface area contributed by atoms with Crippen molar-refractivity contribution in [3.8, 4) is 0 Å².